The summed E-state index contributed by atoms with van der Waals surface area (Å²) < 4.78 is 5.37. The number of benzene rings is 1. The number of ketones is 1. The number of thiophene rings is 1. The number of esters is 1. The standard InChI is InChI=1S/C17H13NO3S2/c1-10-15(23-16(18-10)14-4-3-9-22-14)17(20)21-13-7-5-12(6-8-13)11(2)19/h3-9H,1-2H3. The Bertz CT molecular complexity index is 849. The van der Waals surface area contributed by atoms with Crippen molar-refractivity contribution in [2.24, 2.45) is 0 Å². The van der Waals surface area contributed by atoms with Gasteiger partial charge in [-0.25, -0.2) is 9.78 Å². The molecule has 0 fully saturated rings. The van der Waals surface area contributed by atoms with Crippen LogP contribution < -0.4 is 4.74 Å². The van der Waals surface area contributed by atoms with Gasteiger partial charge >= 0.3 is 5.97 Å². The molecule has 1 aromatic carbocycles. The first-order valence-electron chi connectivity index (χ1n) is 6.89. The largest absolute Gasteiger partial charge is 0.422 e. The van der Waals surface area contributed by atoms with E-state index in [-0.39, 0.29) is 5.78 Å². The van der Waals surface area contributed by atoms with Gasteiger partial charge < -0.3 is 4.74 Å². The summed E-state index contributed by atoms with van der Waals surface area (Å²) in [5.74, 6) is -0.0503. The van der Waals surface area contributed by atoms with Crippen LogP contribution in [0, 0.1) is 6.92 Å². The maximum atomic E-state index is 12.3. The Kier molecular flexibility index (Phi) is 4.36. The van der Waals surface area contributed by atoms with Gasteiger partial charge in [0, 0.05) is 5.56 Å². The zero-order valence-electron chi connectivity index (χ0n) is 12.5. The first-order chi connectivity index (χ1) is 11.0. The average Bonchev–Trinajstić information content (AvgIpc) is 3.16. The predicted molar refractivity (Wildman–Crippen MR) is 91.6 cm³/mol. The van der Waals surface area contributed by atoms with Crippen LogP contribution in [0.4, 0.5) is 0 Å². The summed E-state index contributed by atoms with van der Waals surface area (Å²) in [5.41, 5.74) is 1.24. The Balaban J connectivity index is 1.79. The molecule has 0 saturated heterocycles. The van der Waals surface area contributed by atoms with E-state index >= 15 is 0 Å². The van der Waals surface area contributed by atoms with Crippen LogP contribution in [-0.4, -0.2) is 16.7 Å². The molecule has 0 saturated carbocycles. The van der Waals surface area contributed by atoms with Gasteiger partial charge in [0.25, 0.3) is 0 Å². The molecular weight excluding hydrogens is 330 g/mol. The molecule has 0 spiro atoms. The van der Waals surface area contributed by atoms with Gasteiger partial charge in [-0.15, -0.1) is 22.7 Å². The van der Waals surface area contributed by atoms with E-state index in [1.54, 1.807) is 42.5 Å². The van der Waals surface area contributed by atoms with Crippen molar-refractivity contribution < 1.29 is 14.3 Å². The lowest BCUT2D eigenvalue weighted by atomic mass is 10.1. The molecule has 0 radical (unpaired) electrons. The minimum atomic E-state index is -0.432. The molecule has 0 bridgehead atoms. The monoisotopic (exact) mass is 343 g/mol. The highest BCUT2D eigenvalue weighted by Crippen LogP contribution is 2.31. The van der Waals surface area contributed by atoms with Crippen molar-refractivity contribution in [3.05, 3.63) is 57.9 Å². The lowest BCUT2D eigenvalue weighted by Gasteiger charge is -2.03. The van der Waals surface area contributed by atoms with Gasteiger partial charge in [0.05, 0.1) is 10.6 Å². The number of carbonyl (C=O) groups excluding carboxylic acids is 2. The number of nitrogens with zero attached hydrogens (tertiary/aromatic N) is 1. The van der Waals surface area contributed by atoms with Crippen LogP contribution in [0.2, 0.25) is 0 Å². The molecule has 2 aromatic heterocycles. The molecule has 23 heavy (non-hydrogen) atoms. The van der Waals surface area contributed by atoms with Crippen molar-refractivity contribution >= 4 is 34.4 Å². The maximum absolute atomic E-state index is 12.3. The number of rotatable bonds is 4. The second kappa shape index (κ2) is 6.44. The summed E-state index contributed by atoms with van der Waals surface area (Å²) in [7, 11) is 0. The lowest BCUT2D eigenvalue weighted by molar-refractivity contribution is 0.0739. The number of ether oxygens (including phenoxy) is 1. The van der Waals surface area contributed by atoms with Crippen LogP contribution in [0.5, 0.6) is 5.75 Å². The molecule has 0 amide bonds. The predicted octanol–water partition coefficient (Wildman–Crippen LogP) is 4.60. The third-order valence-corrected chi connectivity index (χ3v) is 5.36. The molecule has 0 atom stereocenters. The molecule has 0 unspecified atom stereocenters. The van der Waals surface area contributed by atoms with Crippen LogP contribution in [0.1, 0.15) is 32.6 Å². The Morgan fingerprint density at radius 1 is 1.13 bits per heavy atom. The SMILES string of the molecule is CC(=O)c1ccc(OC(=O)c2sc(-c3cccs3)nc2C)cc1. The van der Waals surface area contributed by atoms with Crippen LogP contribution >= 0.6 is 22.7 Å². The molecule has 4 nitrogen and oxygen atoms in total. The van der Waals surface area contributed by atoms with Gasteiger partial charge in [0.15, 0.2) is 5.78 Å². The third-order valence-electron chi connectivity index (χ3n) is 3.19. The first kappa shape index (κ1) is 15.6. The Labute approximate surface area is 141 Å². The summed E-state index contributed by atoms with van der Waals surface area (Å²) in [6.45, 7) is 3.29. The van der Waals surface area contributed by atoms with E-state index in [2.05, 4.69) is 4.98 Å². The van der Waals surface area contributed by atoms with Crippen molar-refractivity contribution in [1.29, 1.82) is 0 Å². The Hall–Kier alpha value is -2.31. The molecule has 3 rings (SSSR count). The van der Waals surface area contributed by atoms with Gasteiger partial charge in [-0.05, 0) is 49.6 Å². The molecule has 0 aliphatic rings. The highest BCUT2D eigenvalue weighted by molar-refractivity contribution is 7.22. The van der Waals surface area contributed by atoms with Gasteiger partial charge in [0.2, 0.25) is 0 Å². The van der Waals surface area contributed by atoms with Crippen molar-refractivity contribution in [2.45, 2.75) is 13.8 Å². The molecule has 3 aromatic rings. The van der Waals surface area contributed by atoms with Crippen LogP contribution in [0.3, 0.4) is 0 Å². The summed E-state index contributed by atoms with van der Waals surface area (Å²) in [4.78, 5) is 29.5. The summed E-state index contributed by atoms with van der Waals surface area (Å²) in [6, 6.07) is 10.4. The number of Topliss-reactive ketones (excluding diaryl/α,β-unsaturated/α-hetero) is 1. The minimum absolute atomic E-state index is 0.0261. The summed E-state index contributed by atoms with van der Waals surface area (Å²) in [5, 5.41) is 2.79. The minimum Gasteiger partial charge on any atom is -0.422 e. The van der Waals surface area contributed by atoms with E-state index in [1.165, 1.54) is 18.3 Å². The Morgan fingerprint density at radius 2 is 1.87 bits per heavy atom. The smallest absolute Gasteiger partial charge is 0.355 e. The fourth-order valence-corrected chi connectivity index (χ4v) is 3.74. The molecule has 6 heteroatoms. The topological polar surface area (TPSA) is 56.3 Å². The van der Waals surface area contributed by atoms with Crippen molar-refractivity contribution in [3.63, 3.8) is 0 Å². The fraction of sp³-hybridized carbons (Fsp3) is 0.118. The second-order valence-electron chi connectivity index (χ2n) is 4.88. The number of aryl methyl sites for hydroxylation is 1. The molecule has 0 aliphatic carbocycles. The highest BCUT2D eigenvalue weighted by Gasteiger charge is 2.18. The quantitative estimate of drug-likeness (QED) is 0.394. The number of aromatic nitrogens is 1. The zero-order valence-corrected chi connectivity index (χ0v) is 14.2. The average molecular weight is 343 g/mol. The molecule has 0 N–H and O–H groups in total. The van der Waals surface area contributed by atoms with E-state index in [0.717, 1.165) is 9.88 Å². The van der Waals surface area contributed by atoms with Crippen LogP contribution in [0.25, 0.3) is 9.88 Å². The zero-order chi connectivity index (χ0) is 16.4. The summed E-state index contributed by atoms with van der Waals surface area (Å²) >= 11 is 2.91. The highest BCUT2D eigenvalue weighted by atomic mass is 32.1. The van der Waals surface area contributed by atoms with Crippen molar-refractivity contribution in [3.8, 4) is 15.6 Å². The lowest BCUT2D eigenvalue weighted by Crippen LogP contribution is -2.08. The van der Waals surface area contributed by atoms with Gasteiger partial charge in [-0.3, -0.25) is 4.79 Å². The third kappa shape index (κ3) is 3.38. The molecule has 2 heterocycles. The number of hydrogen-bond donors (Lipinski definition) is 0. The normalized spacial score (nSPS) is 10.5. The maximum Gasteiger partial charge on any atom is 0.355 e. The number of carbonyl (C=O) groups is 2. The molecule has 0 aliphatic heterocycles. The molecule has 116 valence electrons. The number of thiazole rings is 1. The van der Waals surface area contributed by atoms with Crippen molar-refractivity contribution in [1.82, 2.24) is 4.98 Å². The van der Waals surface area contributed by atoms with Gasteiger partial charge in [0.1, 0.15) is 15.6 Å². The fourth-order valence-electron chi connectivity index (χ4n) is 2.00. The van der Waals surface area contributed by atoms with Crippen LogP contribution in [0.15, 0.2) is 41.8 Å². The second-order valence-corrected chi connectivity index (χ2v) is 6.83. The van der Waals surface area contributed by atoms with E-state index in [1.807, 2.05) is 17.5 Å². The van der Waals surface area contributed by atoms with Gasteiger partial charge in [-0.1, -0.05) is 6.07 Å². The van der Waals surface area contributed by atoms with E-state index in [4.69, 9.17) is 4.74 Å². The Morgan fingerprint density at radius 3 is 2.48 bits per heavy atom. The van der Waals surface area contributed by atoms with Crippen LogP contribution in [-0.2, 0) is 0 Å². The first-order valence-corrected chi connectivity index (χ1v) is 8.58. The van der Waals surface area contributed by atoms with E-state index < -0.39 is 5.97 Å². The van der Waals surface area contributed by atoms with E-state index in [9.17, 15) is 9.59 Å². The number of hydrogen-bond acceptors (Lipinski definition) is 6. The van der Waals surface area contributed by atoms with Crippen molar-refractivity contribution in [2.75, 3.05) is 0 Å². The summed E-state index contributed by atoms with van der Waals surface area (Å²) in [6.07, 6.45) is 0. The van der Waals surface area contributed by atoms with Gasteiger partial charge in [-0.2, -0.15) is 0 Å². The molecular formula is C17H13NO3S2. The van der Waals surface area contributed by atoms with E-state index in [0.29, 0.717) is 21.9 Å².